The molecule has 0 bridgehead atoms. The number of hydrogen-bond donors (Lipinski definition) is 1. The van der Waals surface area contributed by atoms with E-state index in [-0.39, 0.29) is 5.97 Å². The van der Waals surface area contributed by atoms with Crippen molar-refractivity contribution in [1.82, 2.24) is 0 Å². The molecule has 0 amide bonds. The van der Waals surface area contributed by atoms with Crippen LogP contribution < -0.4 is 14.8 Å². The highest BCUT2D eigenvalue weighted by molar-refractivity contribution is 5.88. The van der Waals surface area contributed by atoms with Gasteiger partial charge < -0.3 is 19.5 Å². The third kappa shape index (κ3) is 4.51. The third-order valence-electron chi connectivity index (χ3n) is 4.62. The molecule has 0 radical (unpaired) electrons. The van der Waals surface area contributed by atoms with Crippen LogP contribution in [-0.2, 0) is 9.53 Å². The van der Waals surface area contributed by atoms with Gasteiger partial charge in [0.25, 0.3) is 0 Å². The number of carbonyl (C=O) groups excluding carboxylic acids is 1. The second kappa shape index (κ2) is 8.20. The fraction of sp³-hybridized carbons (Fsp3) is 0.526. The van der Waals surface area contributed by atoms with Gasteiger partial charge in [-0.3, -0.25) is 0 Å². The molecule has 0 unspecified atom stereocenters. The Hall–Kier alpha value is -2.01. The number of esters is 1. The monoisotopic (exact) mass is 334 g/mol. The van der Waals surface area contributed by atoms with E-state index in [0.29, 0.717) is 17.4 Å². The number of benzene rings is 1. The average Bonchev–Trinajstić information content (AvgIpc) is 2.59. The van der Waals surface area contributed by atoms with Crippen LogP contribution in [-0.4, -0.2) is 38.9 Å². The Morgan fingerprint density at radius 1 is 1.21 bits per heavy atom. The summed E-state index contributed by atoms with van der Waals surface area (Å²) >= 11 is 0. The average molecular weight is 334 g/mol. The molecule has 5 nitrogen and oxygen atoms in total. The lowest BCUT2D eigenvalue weighted by atomic mass is 9.83. The van der Waals surface area contributed by atoms with Gasteiger partial charge in [-0.2, -0.15) is 0 Å². The SMILES string of the molecule is COc1cccc(/C=C/C(=O)OC(C)(C)C2CC[NH2+]CC2)c1OC. The van der Waals surface area contributed by atoms with Crippen molar-refractivity contribution in [3.05, 3.63) is 29.8 Å². The van der Waals surface area contributed by atoms with Crippen molar-refractivity contribution in [2.45, 2.75) is 32.3 Å². The van der Waals surface area contributed by atoms with Crippen molar-refractivity contribution in [3.63, 3.8) is 0 Å². The summed E-state index contributed by atoms with van der Waals surface area (Å²) in [5.74, 6) is 1.31. The van der Waals surface area contributed by atoms with Gasteiger partial charge in [0.2, 0.25) is 0 Å². The second-order valence-electron chi connectivity index (χ2n) is 6.58. The van der Waals surface area contributed by atoms with Crippen LogP contribution in [0.1, 0.15) is 32.3 Å². The number of hydrogen-bond acceptors (Lipinski definition) is 4. The topological polar surface area (TPSA) is 61.4 Å². The Morgan fingerprint density at radius 3 is 2.54 bits per heavy atom. The molecule has 1 aromatic rings. The van der Waals surface area contributed by atoms with Gasteiger partial charge in [0.15, 0.2) is 11.5 Å². The molecule has 1 aromatic carbocycles. The van der Waals surface area contributed by atoms with Crippen LogP contribution >= 0.6 is 0 Å². The van der Waals surface area contributed by atoms with E-state index in [2.05, 4.69) is 5.32 Å². The van der Waals surface area contributed by atoms with Gasteiger partial charge in [0.1, 0.15) is 5.60 Å². The maximum atomic E-state index is 12.2. The maximum Gasteiger partial charge on any atom is 0.331 e. The Balaban J connectivity index is 2.05. The molecule has 1 saturated heterocycles. The van der Waals surface area contributed by atoms with E-state index in [9.17, 15) is 4.79 Å². The number of ether oxygens (including phenoxy) is 3. The quantitative estimate of drug-likeness (QED) is 0.639. The minimum atomic E-state index is -0.450. The fourth-order valence-corrected chi connectivity index (χ4v) is 3.20. The summed E-state index contributed by atoms with van der Waals surface area (Å²) in [6.07, 6.45) is 5.31. The van der Waals surface area contributed by atoms with Crippen molar-refractivity contribution in [2.24, 2.45) is 5.92 Å². The number of methoxy groups -OCH3 is 2. The van der Waals surface area contributed by atoms with Gasteiger partial charge in [-0.25, -0.2) is 4.79 Å². The molecule has 132 valence electrons. The van der Waals surface area contributed by atoms with Gasteiger partial charge in [-0.1, -0.05) is 12.1 Å². The maximum absolute atomic E-state index is 12.2. The predicted octanol–water partition coefficient (Wildman–Crippen LogP) is 2.01. The number of para-hydroxylation sites is 1. The van der Waals surface area contributed by atoms with Gasteiger partial charge in [0, 0.05) is 30.4 Å². The number of quaternary nitrogens is 1. The van der Waals surface area contributed by atoms with E-state index in [1.54, 1.807) is 20.3 Å². The fourth-order valence-electron chi connectivity index (χ4n) is 3.20. The van der Waals surface area contributed by atoms with Gasteiger partial charge in [-0.05, 0) is 26.0 Å². The zero-order chi connectivity index (χ0) is 17.6. The third-order valence-corrected chi connectivity index (χ3v) is 4.62. The van der Waals surface area contributed by atoms with Gasteiger partial charge in [-0.15, -0.1) is 0 Å². The molecule has 0 saturated carbocycles. The first-order valence-corrected chi connectivity index (χ1v) is 8.41. The minimum absolute atomic E-state index is 0.334. The molecule has 0 aliphatic carbocycles. The highest BCUT2D eigenvalue weighted by Gasteiger charge is 2.34. The van der Waals surface area contributed by atoms with E-state index in [1.165, 1.54) is 6.08 Å². The van der Waals surface area contributed by atoms with Crippen LogP contribution in [0, 0.1) is 5.92 Å². The highest BCUT2D eigenvalue weighted by atomic mass is 16.6. The van der Waals surface area contributed by atoms with Crippen LogP contribution in [0.15, 0.2) is 24.3 Å². The van der Waals surface area contributed by atoms with Crippen LogP contribution in [0.25, 0.3) is 6.08 Å². The highest BCUT2D eigenvalue weighted by Crippen LogP contribution is 2.32. The van der Waals surface area contributed by atoms with Crippen molar-refractivity contribution >= 4 is 12.0 Å². The summed E-state index contributed by atoms with van der Waals surface area (Å²) in [7, 11) is 3.17. The normalized spacial score (nSPS) is 16.2. The van der Waals surface area contributed by atoms with Crippen molar-refractivity contribution in [3.8, 4) is 11.5 Å². The minimum Gasteiger partial charge on any atom is -0.493 e. The lowest BCUT2D eigenvalue weighted by molar-refractivity contribution is -0.665. The first kappa shape index (κ1) is 18.3. The van der Waals surface area contributed by atoms with Crippen LogP contribution in [0.5, 0.6) is 11.5 Å². The molecule has 24 heavy (non-hydrogen) atoms. The summed E-state index contributed by atoms with van der Waals surface area (Å²) < 4.78 is 16.3. The summed E-state index contributed by atoms with van der Waals surface area (Å²) in [6.45, 7) is 6.20. The summed E-state index contributed by atoms with van der Waals surface area (Å²) in [4.78, 5) is 12.2. The molecule has 0 spiro atoms. The predicted molar refractivity (Wildman–Crippen MR) is 93.1 cm³/mol. The van der Waals surface area contributed by atoms with Crippen molar-refractivity contribution in [1.29, 1.82) is 0 Å². The smallest absolute Gasteiger partial charge is 0.331 e. The molecule has 2 N–H and O–H groups in total. The molecule has 1 aliphatic heterocycles. The van der Waals surface area contributed by atoms with Crippen LogP contribution in [0.2, 0.25) is 0 Å². The van der Waals surface area contributed by atoms with Gasteiger partial charge >= 0.3 is 5.97 Å². The molecule has 0 aromatic heterocycles. The largest absolute Gasteiger partial charge is 0.493 e. The van der Waals surface area contributed by atoms with E-state index < -0.39 is 5.60 Å². The lowest BCUT2D eigenvalue weighted by Crippen LogP contribution is -2.86. The molecule has 1 heterocycles. The molecule has 0 atom stereocenters. The van der Waals surface area contributed by atoms with E-state index in [1.807, 2.05) is 32.0 Å². The van der Waals surface area contributed by atoms with Crippen LogP contribution in [0.4, 0.5) is 0 Å². The molecule has 2 rings (SSSR count). The summed E-state index contributed by atoms with van der Waals surface area (Å²) in [5, 5.41) is 2.31. The van der Waals surface area contributed by atoms with Gasteiger partial charge in [0.05, 0.1) is 27.3 Å². The molecule has 1 fully saturated rings. The van der Waals surface area contributed by atoms with E-state index >= 15 is 0 Å². The lowest BCUT2D eigenvalue weighted by Gasteiger charge is -2.35. The first-order valence-electron chi connectivity index (χ1n) is 8.41. The number of piperidine rings is 1. The molecule has 5 heteroatoms. The number of carbonyl (C=O) groups is 1. The van der Waals surface area contributed by atoms with E-state index in [4.69, 9.17) is 14.2 Å². The van der Waals surface area contributed by atoms with E-state index in [0.717, 1.165) is 31.5 Å². The zero-order valence-electron chi connectivity index (χ0n) is 15.0. The number of nitrogens with two attached hydrogens (primary N) is 1. The zero-order valence-corrected chi connectivity index (χ0v) is 15.0. The Kier molecular flexibility index (Phi) is 6.26. The van der Waals surface area contributed by atoms with Crippen LogP contribution in [0.3, 0.4) is 0 Å². The summed E-state index contributed by atoms with van der Waals surface area (Å²) in [5.41, 5.74) is 0.326. The van der Waals surface area contributed by atoms with Crippen molar-refractivity contribution in [2.75, 3.05) is 27.3 Å². The first-order chi connectivity index (χ1) is 11.5. The standard InChI is InChI=1S/C19H27NO4/c1-19(2,15-10-12-20-13-11-15)24-17(21)9-8-14-6-5-7-16(22-3)18(14)23-4/h5-9,15,20H,10-13H2,1-4H3/p+1/b9-8+. The Labute approximate surface area is 144 Å². The molecule has 1 aliphatic rings. The molecular weight excluding hydrogens is 306 g/mol. The Morgan fingerprint density at radius 2 is 1.92 bits per heavy atom. The summed E-state index contributed by atoms with van der Waals surface area (Å²) in [6, 6.07) is 5.54. The Bertz CT molecular complexity index is 589. The van der Waals surface area contributed by atoms with Crippen molar-refractivity contribution < 1.29 is 24.3 Å². The second-order valence-corrected chi connectivity index (χ2v) is 6.58. The molecular formula is C19H28NO4+. The number of rotatable bonds is 6.